The molecular weight excluding hydrogens is 490 g/mol. The molecule has 0 spiro atoms. The Bertz CT molecular complexity index is 1030. The van der Waals surface area contributed by atoms with Gasteiger partial charge in [0.1, 0.15) is 6.61 Å². The SMILES string of the molecule is CCOc1cc(CNCCCOc2ccccn2)c(Br)cc1OCc1ccc([N+](=O)[O-])cc1. The Morgan fingerprint density at radius 2 is 1.85 bits per heavy atom. The molecule has 3 aromatic rings. The van der Waals surface area contributed by atoms with Crippen LogP contribution in [0.15, 0.2) is 65.3 Å². The van der Waals surface area contributed by atoms with Gasteiger partial charge in [0.25, 0.3) is 5.69 Å². The summed E-state index contributed by atoms with van der Waals surface area (Å²) in [5.41, 5.74) is 1.93. The summed E-state index contributed by atoms with van der Waals surface area (Å²) in [6.45, 7) is 4.74. The minimum atomic E-state index is -0.421. The molecule has 0 aliphatic carbocycles. The number of nitro benzene ring substituents is 1. The molecule has 0 atom stereocenters. The van der Waals surface area contributed by atoms with E-state index in [1.54, 1.807) is 18.3 Å². The second-order valence-electron chi connectivity index (χ2n) is 7.08. The van der Waals surface area contributed by atoms with Crippen molar-refractivity contribution in [2.45, 2.75) is 26.5 Å². The predicted molar refractivity (Wildman–Crippen MR) is 129 cm³/mol. The van der Waals surface area contributed by atoms with Crippen molar-refractivity contribution in [3.8, 4) is 17.4 Å². The average molecular weight is 516 g/mol. The second kappa shape index (κ2) is 12.8. The molecule has 33 heavy (non-hydrogen) atoms. The van der Waals surface area contributed by atoms with Gasteiger partial charge in [-0.15, -0.1) is 0 Å². The number of nitrogens with zero attached hydrogens (tertiary/aromatic N) is 2. The van der Waals surface area contributed by atoms with Crippen molar-refractivity contribution in [3.63, 3.8) is 0 Å². The van der Waals surface area contributed by atoms with Gasteiger partial charge in [0.15, 0.2) is 11.5 Å². The third kappa shape index (κ3) is 7.73. The molecule has 0 aliphatic rings. The van der Waals surface area contributed by atoms with Crippen molar-refractivity contribution in [1.29, 1.82) is 0 Å². The summed E-state index contributed by atoms with van der Waals surface area (Å²) in [4.78, 5) is 14.5. The highest BCUT2D eigenvalue weighted by Gasteiger charge is 2.12. The fourth-order valence-electron chi connectivity index (χ4n) is 3.00. The summed E-state index contributed by atoms with van der Waals surface area (Å²) in [5.74, 6) is 1.89. The summed E-state index contributed by atoms with van der Waals surface area (Å²) in [5, 5.41) is 14.2. The van der Waals surface area contributed by atoms with Gasteiger partial charge >= 0.3 is 0 Å². The summed E-state index contributed by atoms with van der Waals surface area (Å²) >= 11 is 3.61. The Kier molecular flexibility index (Phi) is 9.46. The quantitative estimate of drug-likeness (QED) is 0.187. The highest BCUT2D eigenvalue weighted by Crippen LogP contribution is 2.34. The summed E-state index contributed by atoms with van der Waals surface area (Å²) in [7, 11) is 0. The third-order valence-electron chi connectivity index (χ3n) is 4.66. The number of aromatic nitrogens is 1. The van der Waals surface area contributed by atoms with E-state index in [-0.39, 0.29) is 12.3 Å². The lowest BCUT2D eigenvalue weighted by atomic mass is 10.2. The molecule has 0 unspecified atom stereocenters. The number of ether oxygens (including phenoxy) is 3. The molecule has 0 saturated carbocycles. The van der Waals surface area contributed by atoms with E-state index >= 15 is 0 Å². The smallest absolute Gasteiger partial charge is 0.269 e. The number of hydrogen-bond acceptors (Lipinski definition) is 7. The van der Waals surface area contributed by atoms with Gasteiger partial charge in [0, 0.05) is 35.4 Å². The lowest BCUT2D eigenvalue weighted by Gasteiger charge is -2.15. The number of nitrogens with one attached hydrogen (secondary N) is 1. The second-order valence-corrected chi connectivity index (χ2v) is 7.94. The van der Waals surface area contributed by atoms with Crippen molar-refractivity contribution in [3.05, 3.63) is 86.5 Å². The molecule has 174 valence electrons. The molecule has 9 heteroatoms. The molecule has 0 radical (unpaired) electrons. The maximum Gasteiger partial charge on any atom is 0.269 e. The Labute approximate surface area is 201 Å². The van der Waals surface area contributed by atoms with Gasteiger partial charge in [-0.3, -0.25) is 10.1 Å². The first-order valence-electron chi connectivity index (χ1n) is 10.6. The molecule has 3 rings (SSSR count). The van der Waals surface area contributed by atoms with Crippen molar-refractivity contribution in [1.82, 2.24) is 10.3 Å². The Morgan fingerprint density at radius 1 is 1.06 bits per heavy atom. The van der Waals surface area contributed by atoms with E-state index in [4.69, 9.17) is 14.2 Å². The van der Waals surface area contributed by atoms with Crippen LogP contribution >= 0.6 is 15.9 Å². The lowest BCUT2D eigenvalue weighted by Crippen LogP contribution is -2.17. The van der Waals surface area contributed by atoms with Crippen LogP contribution in [-0.4, -0.2) is 29.7 Å². The van der Waals surface area contributed by atoms with Gasteiger partial charge in [-0.05, 0) is 61.3 Å². The first kappa shape index (κ1) is 24.5. The van der Waals surface area contributed by atoms with Crippen LogP contribution in [0.3, 0.4) is 0 Å². The summed E-state index contributed by atoms with van der Waals surface area (Å²) in [6.07, 6.45) is 2.56. The van der Waals surface area contributed by atoms with Gasteiger partial charge in [-0.1, -0.05) is 22.0 Å². The van der Waals surface area contributed by atoms with E-state index in [9.17, 15) is 10.1 Å². The van der Waals surface area contributed by atoms with Crippen molar-refractivity contribution in [2.24, 2.45) is 0 Å². The number of rotatable bonds is 13. The average Bonchev–Trinajstić information content (AvgIpc) is 2.83. The largest absolute Gasteiger partial charge is 0.490 e. The van der Waals surface area contributed by atoms with Crippen LogP contribution < -0.4 is 19.5 Å². The van der Waals surface area contributed by atoms with E-state index in [0.717, 1.165) is 28.6 Å². The number of halogens is 1. The van der Waals surface area contributed by atoms with Crippen LogP contribution in [0, 0.1) is 10.1 Å². The number of pyridine rings is 1. The molecule has 1 N–H and O–H groups in total. The molecule has 0 fully saturated rings. The van der Waals surface area contributed by atoms with Gasteiger partial charge < -0.3 is 19.5 Å². The molecule has 1 aromatic heterocycles. The first-order chi connectivity index (χ1) is 16.1. The fraction of sp³-hybridized carbons (Fsp3) is 0.292. The Morgan fingerprint density at radius 3 is 2.55 bits per heavy atom. The molecule has 2 aromatic carbocycles. The Hall–Kier alpha value is -3.17. The van der Waals surface area contributed by atoms with Crippen LogP contribution in [0.4, 0.5) is 5.69 Å². The van der Waals surface area contributed by atoms with Gasteiger partial charge in [-0.2, -0.15) is 0 Å². The molecule has 0 amide bonds. The number of hydrogen-bond donors (Lipinski definition) is 1. The van der Waals surface area contributed by atoms with Crippen LogP contribution in [0.5, 0.6) is 17.4 Å². The van der Waals surface area contributed by atoms with Crippen molar-refractivity contribution < 1.29 is 19.1 Å². The van der Waals surface area contributed by atoms with E-state index in [1.165, 1.54) is 12.1 Å². The topological polar surface area (TPSA) is 95.8 Å². The van der Waals surface area contributed by atoms with Crippen LogP contribution in [-0.2, 0) is 13.2 Å². The number of non-ortho nitro benzene ring substituents is 1. The monoisotopic (exact) mass is 515 g/mol. The van der Waals surface area contributed by atoms with E-state index in [1.807, 2.05) is 37.3 Å². The highest BCUT2D eigenvalue weighted by atomic mass is 79.9. The van der Waals surface area contributed by atoms with Crippen LogP contribution in [0.1, 0.15) is 24.5 Å². The van der Waals surface area contributed by atoms with Crippen LogP contribution in [0.25, 0.3) is 0 Å². The van der Waals surface area contributed by atoms with E-state index in [2.05, 4.69) is 26.2 Å². The van der Waals surface area contributed by atoms with Gasteiger partial charge in [-0.25, -0.2) is 4.98 Å². The molecule has 1 heterocycles. The zero-order chi connectivity index (χ0) is 23.5. The molecule has 0 saturated heterocycles. The molecule has 8 nitrogen and oxygen atoms in total. The zero-order valence-corrected chi connectivity index (χ0v) is 19.9. The fourth-order valence-corrected chi connectivity index (χ4v) is 3.46. The van der Waals surface area contributed by atoms with Gasteiger partial charge in [0.05, 0.1) is 18.1 Å². The minimum Gasteiger partial charge on any atom is -0.490 e. The zero-order valence-electron chi connectivity index (χ0n) is 18.3. The third-order valence-corrected chi connectivity index (χ3v) is 5.39. The summed E-state index contributed by atoms with van der Waals surface area (Å²) in [6, 6.07) is 15.7. The molecule has 0 aliphatic heterocycles. The van der Waals surface area contributed by atoms with E-state index in [0.29, 0.717) is 37.1 Å². The maximum absolute atomic E-state index is 10.8. The standard InChI is InChI=1S/C24H26BrN3O5/c1-2-31-22-14-19(16-26-11-5-13-32-24-6-3-4-12-27-24)21(25)15-23(22)33-17-18-7-9-20(10-8-18)28(29)30/h3-4,6-10,12,14-15,26H,2,5,11,13,16-17H2,1H3. The normalized spacial score (nSPS) is 10.6. The highest BCUT2D eigenvalue weighted by molar-refractivity contribution is 9.10. The van der Waals surface area contributed by atoms with Crippen LogP contribution in [0.2, 0.25) is 0 Å². The predicted octanol–water partition coefficient (Wildman–Crippen LogP) is 5.29. The maximum atomic E-state index is 10.8. The summed E-state index contributed by atoms with van der Waals surface area (Å²) < 4.78 is 18.2. The minimum absolute atomic E-state index is 0.0525. The Balaban J connectivity index is 1.52. The lowest BCUT2D eigenvalue weighted by molar-refractivity contribution is -0.384. The van der Waals surface area contributed by atoms with Gasteiger partial charge in [0.2, 0.25) is 5.88 Å². The number of nitro groups is 1. The molecule has 0 bridgehead atoms. The van der Waals surface area contributed by atoms with Crippen molar-refractivity contribution >= 4 is 21.6 Å². The number of benzene rings is 2. The van der Waals surface area contributed by atoms with Crippen molar-refractivity contribution in [2.75, 3.05) is 19.8 Å². The first-order valence-corrected chi connectivity index (χ1v) is 11.4. The van der Waals surface area contributed by atoms with E-state index < -0.39 is 4.92 Å². The molecular formula is C24H26BrN3O5.